The minimum absolute atomic E-state index is 0.162. The van der Waals surface area contributed by atoms with E-state index >= 15 is 0 Å². The Morgan fingerprint density at radius 3 is 2.86 bits per heavy atom. The fourth-order valence-electron chi connectivity index (χ4n) is 1.84. The van der Waals surface area contributed by atoms with E-state index in [1.807, 2.05) is 43.8 Å². The summed E-state index contributed by atoms with van der Waals surface area (Å²) in [6.45, 7) is 5.99. The van der Waals surface area contributed by atoms with E-state index in [0.29, 0.717) is 6.61 Å². The van der Waals surface area contributed by atoms with Crippen molar-refractivity contribution in [1.29, 1.82) is 0 Å². The van der Waals surface area contributed by atoms with E-state index in [0.717, 1.165) is 29.2 Å². The first-order valence-electron chi connectivity index (χ1n) is 6.95. The van der Waals surface area contributed by atoms with Crippen molar-refractivity contribution in [1.82, 2.24) is 14.4 Å². The molecule has 0 bridgehead atoms. The lowest BCUT2D eigenvalue weighted by molar-refractivity contribution is -0.153. The van der Waals surface area contributed by atoms with Crippen molar-refractivity contribution in [3.63, 3.8) is 0 Å². The number of thioether (sulfide) groups is 1. The van der Waals surface area contributed by atoms with Crippen molar-refractivity contribution in [2.75, 3.05) is 12.9 Å². The molecule has 2 heterocycles. The third kappa shape index (κ3) is 3.97. The minimum atomic E-state index is -0.444. The number of esters is 1. The highest BCUT2D eigenvalue weighted by Gasteiger charge is 2.22. The Kier molecular flexibility index (Phi) is 4.88. The van der Waals surface area contributed by atoms with Crippen LogP contribution in [0.4, 0.5) is 0 Å². The van der Waals surface area contributed by atoms with E-state index in [1.165, 1.54) is 0 Å². The second-order valence-corrected chi connectivity index (χ2v) is 6.68. The van der Waals surface area contributed by atoms with Gasteiger partial charge in [-0.15, -0.1) is 11.8 Å². The third-order valence-corrected chi connectivity index (χ3v) is 3.67. The second kappa shape index (κ2) is 6.47. The van der Waals surface area contributed by atoms with E-state index in [9.17, 15) is 4.79 Å². The molecule has 0 aromatic carbocycles. The van der Waals surface area contributed by atoms with Crippen LogP contribution in [0.1, 0.15) is 32.9 Å². The van der Waals surface area contributed by atoms with Crippen LogP contribution in [0.2, 0.25) is 0 Å². The van der Waals surface area contributed by atoms with Crippen molar-refractivity contribution in [3.05, 3.63) is 24.3 Å². The quantitative estimate of drug-likeness (QED) is 0.483. The van der Waals surface area contributed by atoms with E-state index in [2.05, 4.69) is 9.97 Å². The zero-order valence-corrected chi connectivity index (χ0v) is 13.7. The number of ether oxygens (including phenoxy) is 1. The lowest BCUT2D eigenvalue weighted by Crippen LogP contribution is -2.23. The summed E-state index contributed by atoms with van der Waals surface area (Å²) >= 11 is 1.58. The topological polar surface area (TPSA) is 56.5 Å². The number of fused-ring (bicyclic) bond motifs is 1. The smallest absolute Gasteiger partial charge is 0.311 e. The molecule has 0 aliphatic heterocycles. The Hall–Kier alpha value is -1.56. The predicted octanol–water partition coefficient (Wildman–Crippen LogP) is 2.97. The average Bonchev–Trinajstić information content (AvgIpc) is 2.89. The van der Waals surface area contributed by atoms with Gasteiger partial charge in [-0.3, -0.25) is 4.79 Å². The van der Waals surface area contributed by atoms with Crippen molar-refractivity contribution < 1.29 is 9.53 Å². The molecule has 0 aliphatic rings. The number of imidazole rings is 1. The first-order valence-corrected chi connectivity index (χ1v) is 8.18. The standard InChI is InChI=1S/C15H21N3O2S/c1-15(2,3)14(19)20-9-5-6-11-10-18-8-7-16-12(18)13(17-11)21-4/h7-8,10H,5-6,9H2,1-4H3. The molecule has 6 heteroatoms. The molecular weight excluding hydrogens is 286 g/mol. The average molecular weight is 307 g/mol. The highest BCUT2D eigenvalue weighted by Crippen LogP contribution is 2.19. The molecule has 0 fully saturated rings. The van der Waals surface area contributed by atoms with Crippen LogP contribution in [-0.4, -0.2) is 33.2 Å². The number of nitrogens with zero attached hydrogens (tertiary/aromatic N) is 3. The Morgan fingerprint density at radius 1 is 1.43 bits per heavy atom. The molecule has 5 nitrogen and oxygen atoms in total. The van der Waals surface area contributed by atoms with E-state index in [1.54, 1.807) is 18.0 Å². The summed E-state index contributed by atoms with van der Waals surface area (Å²) < 4.78 is 7.25. The number of carbonyl (C=O) groups is 1. The van der Waals surface area contributed by atoms with Crippen LogP contribution in [0.15, 0.2) is 23.6 Å². The Balaban J connectivity index is 1.93. The van der Waals surface area contributed by atoms with Crippen LogP contribution >= 0.6 is 11.8 Å². The lowest BCUT2D eigenvalue weighted by atomic mass is 9.97. The van der Waals surface area contributed by atoms with Gasteiger partial charge in [0.05, 0.1) is 17.7 Å². The van der Waals surface area contributed by atoms with Crippen LogP contribution in [0.5, 0.6) is 0 Å². The van der Waals surface area contributed by atoms with Gasteiger partial charge < -0.3 is 9.14 Å². The van der Waals surface area contributed by atoms with Gasteiger partial charge >= 0.3 is 5.97 Å². The molecule has 0 saturated heterocycles. The summed E-state index contributed by atoms with van der Waals surface area (Å²) in [5.41, 5.74) is 1.42. The molecule has 0 amide bonds. The van der Waals surface area contributed by atoms with Gasteiger partial charge in [-0.05, 0) is 39.9 Å². The van der Waals surface area contributed by atoms with Gasteiger partial charge in [0.15, 0.2) is 5.65 Å². The SMILES string of the molecule is CSc1nc(CCCOC(=O)C(C)(C)C)cn2ccnc12. The fourth-order valence-corrected chi connectivity index (χ4v) is 2.39. The van der Waals surface area contributed by atoms with E-state index < -0.39 is 5.41 Å². The van der Waals surface area contributed by atoms with E-state index in [-0.39, 0.29) is 5.97 Å². The Bertz CT molecular complexity index is 631. The monoisotopic (exact) mass is 307 g/mol. The molecule has 0 atom stereocenters. The van der Waals surface area contributed by atoms with Gasteiger partial charge in [-0.1, -0.05) is 0 Å². The Labute approximate surface area is 129 Å². The number of aromatic nitrogens is 3. The summed E-state index contributed by atoms with van der Waals surface area (Å²) in [5.74, 6) is -0.162. The molecule has 0 saturated carbocycles. The maximum absolute atomic E-state index is 11.7. The number of aryl methyl sites for hydroxylation is 1. The summed E-state index contributed by atoms with van der Waals surface area (Å²) in [5, 5.41) is 0.921. The molecule has 2 aromatic rings. The maximum Gasteiger partial charge on any atom is 0.311 e. The molecule has 0 N–H and O–H groups in total. The van der Waals surface area contributed by atoms with Crippen molar-refractivity contribution in [2.45, 2.75) is 38.6 Å². The molecule has 2 aromatic heterocycles. The highest BCUT2D eigenvalue weighted by molar-refractivity contribution is 7.98. The van der Waals surface area contributed by atoms with Gasteiger partial charge in [0.2, 0.25) is 0 Å². The van der Waals surface area contributed by atoms with Crippen LogP contribution in [0, 0.1) is 5.41 Å². The van der Waals surface area contributed by atoms with Crippen LogP contribution in [0.3, 0.4) is 0 Å². The molecular formula is C15H21N3O2S. The summed E-state index contributed by atoms with van der Waals surface area (Å²) in [6.07, 6.45) is 9.20. The highest BCUT2D eigenvalue weighted by atomic mass is 32.2. The van der Waals surface area contributed by atoms with Crippen LogP contribution in [0.25, 0.3) is 5.65 Å². The molecule has 0 unspecified atom stereocenters. The number of rotatable bonds is 5. The number of hydrogen-bond acceptors (Lipinski definition) is 5. The third-order valence-electron chi connectivity index (χ3n) is 3.01. The molecule has 2 rings (SSSR count). The van der Waals surface area contributed by atoms with Crippen molar-refractivity contribution >= 4 is 23.4 Å². The Morgan fingerprint density at radius 2 is 2.19 bits per heavy atom. The molecule has 0 radical (unpaired) electrons. The largest absolute Gasteiger partial charge is 0.465 e. The zero-order valence-electron chi connectivity index (χ0n) is 12.9. The molecule has 0 spiro atoms. The van der Waals surface area contributed by atoms with Crippen molar-refractivity contribution in [2.24, 2.45) is 5.41 Å². The summed E-state index contributed by atoms with van der Waals surface area (Å²) in [6, 6.07) is 0. The zero-order chi connectivity index (χ0) is 15.5. The van der Waals surface area contributed by atoms with Gasteiger partial charge in [-0.25, -0.2) is 9.97 Å². The second-order valence-electron chi connectivity index (χ2n) is 5.89. The van der Waals surface area contributed by atoms with Gasteiger partial charge in [0.1, 0.15) is 5.03 Å². The normalized spacial score (nSPS) is 11.8. The molecule has 0 aliphatic carbocycles. The lowest BCUT2D eigenvalue weighted by Gasteiger charge is -2.16. The predicted molar refractivity (Wildman–Crippen MR) is 83.5 cm³/mol. The van der Waals surface area contributed by atoms with Crippen LogP contribution < -0.4 is 0 Å². The van der Waals surface area contributed by atoms with Gasteiger partial charge in [0.25, 0.3) is 0 Å². The van der Waals surface area contributed by atoms with E-state index in [4.69, 9.17) is 4.74 Å². The minimum Gasteiger partial charge on any atom is -0.465 e. The summed E-state index contributed by atoms with van der Waals surface area (Å²) in [4.78, 5) is 20.5. The fraction of sp³-hybridized carbons (Fsp3) is 0.533. The number of carbonyl (C=O) groups excluding carboxylic acids is 1. The van der Waals surface area contributed by atoms with Gasteiger partial charge in [0, 0.05) is 18.6 Å². The van der Waals surface area contributed by atoms with Crippen LogP contribution in [-0.2, 0) is 16.0 Å². The first-order chi connectivity index (χ1) is 9.91. The van der Waals surface area contributed by atoms with Gasteiger partial charge in [-0.2, -0.15) is 0 Å². The summed E-state index contributed by atoms with van der Waals surface area (Å²) in [7, 11) is 0. The first kappa shape index (κ1) is 15.8. The van der Waals surface area contributed by atoms with Crippen molar-refractivity contribution in [3.8, 4) is 0 Å². The molecule has 21 heavy (non-hydrogen) atoms. The maximum atomic E-state index is 11.7. The number of hydrogen-bond donors (Lipinski definition) is 0. The molecule has 114 valence electrons.